The highest BCUT2D eigenvalue weighted by Crippen LogP contribution is 2.27. The molecule has 118 valence electrons. The molecule has 2 N–H and O–H groups in total. The van der Waals surface area contributed by atoms with Crippen LogP contribution < -0.4 is 5.84 Å². The minimum Gasteiger partial charge on any atom is -0.468 e. The maximum absolute atomic E-state index is 11.6. The molecule has 3 aromatic rings. The molecule has 0 unspecified atom stereocenters. The Hall–Kier alpha value is -2.67. The summed E-state index contributed by atoms with van der Waals surface area (Å²) in [5.74, 6) is 6.50. The molecule has 6 nitrogen and oxygen atoms in total. The number of aromatic nitrogens is 2. The summed E-state index contributed by atoms with van der Waals surface area (Å²) >= 11 is 1.39. The molecule has 0 fully saturated rings. The number of imidazole rings is 1. The molecule has 7 heteroatoms. The third-order valence-electron chi connectivity index (χ3n) is 3.25. The zero-order chi connectivity index (χ0) is 16.2. The number of nitrogens with zero attached hydrogens (tertiary/aromatic N) is 2. The van der Waals surface area contributed by atoms with Crippen molar-refractivity contribution in [2.24, 2.45) is 0 Å². The number of carbonyl (C=O) groups excluding carboxylic acids is 1. The van der Waals surface area contributed by atoms with Gasteiger partial charge >= 0.3 is 5.97 Å². The van der Waals surface area contributed by atoms with Gasteiger partial charge in [0.25, 0.3) is 0 Å². The van der Waals surface area contributed by atoms with Gasteiger partial charge in [-0.05, 0) is 6.07 Å². The van der Waals surface area contributed by atoms with E-state index in [1.807, 2.05) is 30.3 Å². The summed E-state index contributed by atoms with van der Waals surface area (Å²) in [5, 5.41) is 0.635. The normalized spacial score (nSPS) is 10.7. The summed E-state index contributed by atoms with van der Waals surface area (Å²) in [7, 11) is 1.34. The minimum absolute atomic E-state index is 0.415. The molecular formula is C16H15N3O3S. The summed E-state index contributed by atoms with van der Waals surface area (Å²) in [6.45, 7) is 0. The molecule has 2 aromatic heterocycles. The van der Waals surface area contributed by atoms with Crippen LogP contribution in [0.4, 0.5) is 0 Å². The molecule has 0 aliphatic carbocycles. The van der Waals surface area contributed by atoms with E-state index < -0.39 is 5.97 Å². The Morgan fingerprint density at radius 3 is 2.87 bits per heavy atom. The zero-order valence-corrected chi connectivity index (χ0v) is 13.2. The van der Waals surface area contributed by atoms with Crippen LogP contribution in [0.1, 0.15) is 16.1 Å². The molecule has 0 aliphatic rings. The number of thioether (sulfide) groups is 1. The van der Waals surface area contributed by atoms with Gasteiger partial charge in [0.2, 0.25) is 0 Å². The zero-order valence-electron chi connectivity index (χ0n) is 12.4. The lowest BCUT2D eigenvalue weighted by Crippen LogP contribution is -2.08. The van der Waals surface area contributed by atoms with Crippen LogP contribution in [0.3, 0.4) is 0 Å². The number of esters is 1. The molecule has 0 aliphatic heterocycles. The summed E-state index contributed by atoms with van der Waals surface area (Å²) in [6.07, 6.45) is 3.23. The van der Waals surface area contributed by atoms with Crippen molar-refractivity contribution in [2.45, 2.75) is 10.9 Å². The van der Waals surface area contributed by atoms with Gasteiger partial charge in [-0.3, -0.25) is 0 Å². The Bertz CT molecular complexity index is 811. The molecule has 0 bridgehead atoms. The summed E-state index contributed by atoms with van der Waals surface area (Å²) in [6, 6.07) is 11.4. The number of rotatable bonds is 5. The minimum atomic E-state index is -0.421. The van der Waals surface area contributed by atoms with Crippen LogP contribution in [0, 0.1) is 0 Å². The number of nitrogen functional groups attached to an aromatic ring is 1. The quantitative estimate of drug-likeness (QED) is 0.440. The van der Waals surface area contributed by atoms with E-state index in [1.54, 1.807) is 12.3 Å². The maximum Gasteiger partial charge on any atom is 0.341 e. The van der Waals surface area contributed by atoms with Crippen LogP contribution in [0.2, 0.25) is 0 Å². The van der Waals surface area contributed by atoms with E-state index in [0.717, 1.165) is 11.3 Å². The van der Waals surface area contributed by atoms with Crippen molar-refractivity contribution < 1.29 is 13.9 Å². The first-order chi connectivity index (χ1) is 11.2. The van der Waals surface area contributed by atoms with Gasteiger partial charge < -0.3 is 15.0 Å². The van der Waals surface area contributed by atoms with Crippen LogP contribution in [0.25, 0.3) is 11.3 Å². The fraction of sp³-hybridized carbons (Fsp3) is 0.125. The van der Waals surface area contributed by atoms with E-state index in [1.165, 1.54) is 29.8 Å². The molecule has 0 radical (unpaired) electrons. The van der Waals surface area contributed by atoms with E-state index in [4.69, 9.17) is 15.0 Å². The van der Waals surface area contributed by atoms with E-state index in [-0.39, 0.29) is 0 Å². The second-order valence-corrected chi connectivity index (χ2v) is 5.66. The van der Waals surface area contributed by atoms with Crippen LogP contribution in [0.15, 0.2) is 58.4 Å². The average molecular weight is 329 g/mol. The highest BCUT2D eigenvalue weighted by atomic mass is 32.2. The molecule has 0 atom stereocenters. The topological polar surface area (TPSA) is 83.3 Å². The lowest BCUT2D eigenvalue weighted by atomic mass is 10.2. The van der Waals surface area contributed by atoms with Crippen molar-refractivity contribution in [1.29, 1.82) is 0 Å². The van der Waals surface area contributed by atoms with Crippen molar-refractivity contribution in [1.82, 2.24) is 9.66 Å². The number of hydrogen-bond donors (Lipinski definition) is 1. The third-order valence-corrected chi connectivity index (χ3v) is 4.22. The van der Waals surface area contributed by atoms with Crippen LogP contribution in [-0.4, -0.2) is 22.7 Å². The van der Waals surface area contributed by atoms with Crippen LogP contribution in [-0.2, 0) is 10.5 Å². The number of ether oxygens (including phenoxy) is 1. The van der Waals surface area contributed by atoms with Gasteiger partial charge in [0.1, 0.15) is 11.3 Å². The standard InChI is InChI=1S/C16H15N3O3S/c1-21-15(20)12-7-8-22-14(12)10-23-16-18-13(9-19(16)17)11-5-3-2-4-6-11/h2-9H,10,17H2,1H3. The number of furan rings is 1. The Morgan fingerprint density at radius 2 is 2.13 bits per heavy atom. The molecule has 0 saturated heterocycles. The van der Waals surface area contributed by atoms with Crippen molar-refractivity contribution in [3.63, 3.8) is 0 Å². The van der Waals surface area contributed by atoms with Gasteiger partial charge in [-0.15, -0.1) is 0 Å². The molecule has 1 aromatic carbocycles. The number of benzene rings is 1. The van der Waals surface area contributed by atoms with E-state index >= 15 is 0 Å². The Labute approximate surface area is 137 Å². The van der Waals surface area contributed by atoms with Crippen molar-refractivity contribution in [3.05, 3.63) is 60.2 Å². The van der Waals surface area contributed by atoms with E-state index in [2.05, 4.69) is 4.98 Å². The fourth-order valence-corrected chi connectivity index (χ4v) is 2.95. The number of carbonyl (C=O) groups is 1. The van der Waals surface area contributed by atoms with Crippen LogP contribution in [0.5, 0.6) is 0 Å². The number of hydrogen-bond acceptors (Lipinski definition) is 6. The van der Waals surface area contributed by atoms with Gasteiger partial charge in [0, 0.05) is 5.56 Å². The molecule has 23 heavy (non-hydrogen) atoms. The monoisotopic (exact) mass is 329 g/mol. The molecule has 3 rings (SSSR count). The lowest BCUT2D eigenvalue weighted by molar-refractivity contribution is 0.0598. The lowest BCUT2D eigenvalue weighted by Gasteiger charge is -2.01. The van der Waals surface area contributed by atoms with Gasteiger partial charge in [-0.1, -0.05) is 42.1 Å². The molecule has 0 amide bonds. The molecule has 0 spiro atoms. The first kappa shape index (κ1) is 15.2. The van der Waals surface area contributed by atoms with E-state index in [0.29, 0.717) is 22.2 Å². The Morgan fingerprint density at radius 1 is 1.35 bits per heavy atom. The number of nitrogens with two attached hydrogens (primary N) is 1. The second-order valence-electron chi connectivity index (χ2n) is 4.72. The van der Waals surface area contributed by atoms with Gasteiger partial charge in [-0.25, -0.2) is 14.5 Å². The largest absolute Gasteiger partial charge is 0.468 e. The number of methoxy groups -OCH3 is 1. The van der Waals surface area contributed by atoms with Gasteiger partial charge in [0.05, 0.1) is 31.0 Å². The first-order valence-electron chi connectivity index (χ1n) is 6.86. The third kappa shape index (κ3) is 3.24. The predicted octanol–water partition coefficient (Wildman–Crippen LogP) is 2.94. The predicted molar refractivity (Wildman–Crippen MR) is 87.4 cm³/mol. The SMILES string of the molecule is COC(=O)c1ccoc1CSc1nc(-c2ccccc2)cn1N. The fourth-order valence-electron chi connectivity index (χ4n) is 2.11. The average Bonchev–Trinajstić information content (AvgIpc) is 3.19. The highest BCUT2D eigenvalue weighted by molar-refractivity contribution is 7.98. The first-order valence-corrected chi connectivity index (χ1v) is 7.85. The van der Waals surface area contributed by atoms with E-state index in [9.17, 15) is 4.79 Å². The summed E-state index contributed by atoms with van der Waals surface area (Å²) in [4.78, 5) is 16.1. The smallest absolute Gasteiger partial charge is 0.341 e. The van der Waals surface area contributed by atoms with Crippen molar-refractivity contribution in [3.8, 4) is 11.3 Å². The highest BCUT2D eigenvalue weighted by Gasteiger charge is 2.16. The summed E-state index contributed by atoms with van der Waals surface area (Å²) < 4.78 is 11.5. The molecular weight excluding hydrogens is 314 g/mol. The molecule has 0 saturated carbocycles. The van der Waals surface area contributed by atoms with Crippen LogP contribution >= 0.6 is 11.8 Å². The Kier molecular flexibility index (Phi) is 4.38. The van der Waals surface area contributed by atoms with Gasteiger partial charge in [0.15, 0.2) is 5.16 Å². The van der Waals surface area contributed by atoms with Crippen molar-refractivity contribution in [2.75, 3.05) is 13.0 Å². The molecule has 2 heterocycles. The Balaban J connectivity index is 1.76. The van der Waals surface area contributed by atoms with Gasteiger partial charge in [-0.2, -0.15) is 0 Å². The maximum atomic E-state index is 11.6. The summed E-state index contributed by atoms with van der Waals surface area (Å²) in [5.41, 5.74) is 2.20. The van der Waals surface area contributed by atoms with Crippen molar-refractivity contribution >= 4 is 17.7 Å². The second kappa shape index (κ2) is 6.62.